The summed E-state index contributed by atoms with van der Waals surface area (Å²) in [7, 11) is 1.59. The molecule has 0 saturated carbocycles. The monoisotopic (exact) mass is 423 g/mol. The van der Waals surface area contributed by atoms with Crippen molar-refractivity contribution in [1.82, 2.24) is 25.2 Å². The number of ether oxygens (including phenoxy) is 1. The van der Waals surface area contributed by atoms with E-state index in [2.05, 4.69) is 20.6 Å². The van der Waals surface area contributed by atoms with Crippen LogP contribution in [0.1, 0.15) is 21.9 Å². The van der Waals surface area contributed by atoms with Crippen LogP contribution < -0.4 is 10.1 Å². The maximum atomic E-state index is 12.4. The van der Waals surface area contributed by atoms with Crippen molar-refractivity contribution in [3.63, 3.8) is 0 Å². The van der Waals surface area contributed by atoms with Crippen LogP contribution in [-0.4, -0.2) is 32.9 Å². The van der Waals surface area contributed by atoms with Crippen LogP contribution in [0.15, 0.2) is 59.3 Å². The van der Waals surface area contributed by atoms with Crippen molar-refractivity contribution in [2.45, 2.75) is 13.5 Å². The molecule has 1 N–H and O–H groups in total. The number of rotatable bonds is 6. The van der Waals surface area contributed by atoms with E-state index in [1.165, 1.54) is 0 Å². The fourth-order valence-corrected chi connectivity index (χ4v) is 3.00. The molecule has 0 saturated heterocycles. The highest BCUT2D eigenvalue weighted by atomic mass is 35.5. The molecular weight excluding hydrogens is 406 g/mol. The van der Waals surface area contributed by atoms with E-state index in [9.17, 15) is 4.79 Å². The number of nitrogens with zero attached hydrogens (tertiary/aromatic N) is 4. The molecule has 0 aliphatic carbocycles. The summed E-state index contributed by atoms with van der Waals surface area (Å²) in [6.07, 6.45) is 1.78. The minimum absolute atomic E-state index is 0.119. The number of carbonyl (C=O) groups excluding carboxylic acids is 1. The third-order valence-corrected chi connectivity index (χ3v) is 4.69. The number of amides is 1. The number of nitrogens with one attached hydrogen (secondary N) is 1. The maximum absolute atomic E-state index is 12.4. The number of aromatic nitrogens is 4. The van der Waals surface area contributed by atoms with E-state index in [1.54, 1.807) is 30.1 Å². The molecule has 2 aromatic heterocycles. The van der Waals surface area contributed by atoms with Crippen molar-refractivity contribution in [2.75, 3.05) is 7.11 Å². The van der Waals surface area contributed by atoms with Crippen molar-refractivity contribution < 1.29 is 14.1 Å². The molecular formula is C21H18ClN5O3. The lowest BCUT2D eigenvalue weighted by atomic mass is 10.2. The van der Waals surface area contributed by atoms with Gasteiger partial charge in [0, 0.05) is 17.8 Å². The Morgan fingerprint density at radius 1 is 1.23 bits per heavy atom. The Kier molecular flexibility index (Phi) is 5.49. The van der Waals surface area contributed by atoms with E-state index in [0.717, 1.165) is 17.0 Å². The van der Waals surface area contributed by atoms with Gasteiger partial charge in [-0.05, 0) is 48.9 Å². The lowest BCUT2D eigenvalue weighted by Crippen LogP contribution is -2.23. The molecule has 0 aliphatic rings. The van der Waals surface area contributed by atoms with E-state index in [-0.39, 0.29) is 5.89 Å². The smallest absolute Gasteiger partial charge is 0.316 e. The predicted octanol–water partition coefficient (Wildman–Crippen LogP) is 3.82. The molecule has 0 spiro atoms. The Morgan fingerprint density at radius 3 is 2.80 bits per heavy atom. The maximum Gasteiger partial charge on any atom is 0.316 e. The fraction of sp³-hybridized carbons (Fsp3) is 0.143. The first-order valence-electron chi connectivity index (χ1n) is 9.11. The molecule has 2 heterocycles. The van der Waals surface area contributed by atoms with E-state index >= 15 is 0 Å². The zero-order valence-corrected chi connectivity index (χ0v) is 17.1. The summed E-state index contributed by atoms with van der Waals surface area (Å²) >= 11 is 5.94. The van der Waals surface area contributed by atoms with Crippen LogP contribution in [0, 0.1) is 6.92 Å². The summed E-state index contributed by atoms with van der Waals surface area (Å²) in [5.41, 5.74) is 3.10. The Balaban J connectivity index is 1.48. The van der Waals surface area contributed by atoms with E-state index in [0.29, 0.717) is 28.6 Å². The van der Waals surface area contributed by atoms with Gasteiger partial charge in [0.2, 0.25) is 5.82 Å². The van der Waals surface area contributed by atoms with E-state index in [4.69, 9.17) is 20.9 Å². The van der Waals surface area contributed by atoms with Gasteiger partial charge in [-0.1, -0.05) is 28.9 Å². The summed E-state index contributed by atoms with van der Waals surface area (Å²) in [5, 5.41) is 11.8. The largest absolute Gasteiger partial charge is 0.497 e. The lowest BCUT2D eigenvalue weighted by molar-refractivity contribution is 0.0907. The van der Waals surface area contributed by atoms with Crippen molar-refractivity contribution in [1.29, 1.82) is 0 Å². The van der Waals surface area contributed by atoms with Crippen molar-refractivity contribution >= 4 is 17.5 Å². The van der Waals surface area contributed by atoms with Gasteiger partial charge in [0.25, 0.3) is 0 Å². The number of halogens is 1. The molecule has 0 radical (unpaired) electrons. The topological polar surface area (TPSA) is 95.1 Å². The average molecular weight is 424 g/mol. The molecule has 0 aliphatic heterocycles. The van der Waals surface area contributed by atoms with Gasteiger partial charge in [0.05, 0.1) is 24.1 Å². The third kappa shape index (κ3) is 4.18. The number of aryl methyl sites for hydroxylation is 1. The SMILES string of the molecule is COc1cccc(CNC(=O)c2nc(-c3cn(-c4ccc(Cl)cc4)nc3C)no2)c1. The Labute approximate surface area is 177 Å². The minimum Gasteiger partial charge on any atom is -0.497 e. The van der Waals surface area contributed by atoms with Gasteiger partial charge in [-0.2, -0.15) is 10.1 Å². The normalized spacial score (nSPS) is 10.8. The first-order valence-corrected chi connectivity index (χ1v) is 9.48. The third-order valence-electron chi connectivity index (χ3n) is 4.44. The van der Waals surface area contributed by atoms with Crippen LogP contribution in [-0.2, 0) is 6.54 Å². The van der Waals surface area contributed by atoms with Gasteiger partial charge in [-0.3, -0.25) is 4.79 Å². The Bertz CT molecular complexity index is 1180. The highest BCUT2D eigenvalue weighted by Gasteiger charge is 2.19. The van der Waals surface area contributed by atoms with Crippen LogP contribution in [0.25, 0.3) is 17.1 Å². The molecule has 2 aromatic carbocycles. The molecule has 0 bridgehead atoms. The lowest BCUT2D eigenvalue weighted by Gasteiger charge is -2.04. The first-order chi connectivity index (χ1) is 14.5. The summed E-state index contributed by atoms with van der Waals surface area (Å²) in [6, 6.07) is 14.7. The number of hydrogen-bond donors (Lipinski definition) is 1. The van der Waals surface area contributed by atoms with Crippen LogP contribution in [0.5, 0.6) is 5.75 Å². The molecule has 152 valence electrons. The molecule has 8 nitrogen and oxygen atoms in total. The second-order valence-electron chi connectivity index (χ2n) is 6.51. The summed E-state index contributed by atoms with van der Waals surface area (Å²) in [4.78, 5) is 16.6. The van der Waals surface area contributed by atoms with E-state index < -0.39 is 5.91 Å². The quantitative estimate of drug-likeness (QED) is 0.506. The minimum atomic E-state index is -0.459. The standard InChI is InChI=1S/C21H18ClN5O3/c1-13-18(12-27(25-13)16-8-6-15(22)7-9-16)19-24-21(30-26-19)20(28)23-11-14-4-3-5-17(10-14)29-2/h3-10,12H,11H2,1-2H3,(H,23,28). The second-order valence-corrected chi connectivity index (χ2v) is 6.94. The number of benzene rings is 2. The zero-order valence-electron chi connectivity index (χ0n) is 16.3. The van der Waals surface area contributed by atoms with Crippen molar-refractivity contribution in [2.24, 2.45) is 0 Å². The van der Waals surface area contributed by atoms with Gasteiger partial charge >= 0.3 is 11.8 Å². The molecule has 0 unspecified atom stereocenters. The number of carbonyl (C=O) groups is 1. The highest BCUT2D eigenvalue weighted by molar-refractivity contribution is 6.30. The summed E-state index contributed by atoms with van der Waals surface area (Å²) in [6.45, 7) is 2.14. The Morgan fingerprint density at radius 2 is 2.03 bits per heavy atom. The van der Waals surface area contributed by atoms with Crippen LogP contribution in [0.3, 0.4) is 0 Å². The number of hydrogen-bond acceptors (Lipinski definition) is 6. The van der Waals surface area contributed by atoms with Crippen LogP contribution in [0.2, 0.25) is 5.02 Å². The molecule has 4 aromatic rings. The van der Waals surface area contributed by atoms with Gasteiger partial charge in [0.1, 0.15) is 5.75 Å². The average Bonchev–Trinajstić information content (AvgIpc) is 3.39. The summed E-state index contributed by atoms with van der Waals surface area (Å²) < 4.78 is 12.0. The van der Waals surface area contributed by atoms with Crippen LogP contribution in [0.4, 0.5) is 0 Å². The molecule has 4 rings (SSSR count). The Hall–Kier alpha value is -3.65. The molecule has 30 heavy (non-hydrogen) atoms. The molecule has 0 atom stereocenters. The predicted molar refractivity (Wildman–Crippen MR) is 111 cm³/mol. The fourth-order valence-electron chi connectivity index (χ4n) is 2.87. The van der Waals surface area contributed by atoms with Gasteiger partial charge in [0.15, 0.2) is 0 Å². The van der Waals surface area contributed by atoms with Gasteiger partial charge in [-0.15, -0.1) is 0 Å². The first kappa shape index (κ1) is 19.7. The second kappa shape index (κ2) is 8.38. The summed E-state index contributed by atoms with van der Waals surface area (Å²) in [5.74, 6) is 0.431. The van der Waals surface area contributed by atoms with Gasteiger partial charge in [-0.25, -0.2) is 4.68 Å². The number of methoxy groups -OCH3 is 1. The van der Waals surface area contributed by atoms with E-state index in [1.807, 2.05) is 43.3 Å². The van der Waals surface area contributed by atoms with Gasteiger partial charge < -0.3 is 14.6 Å². The highest BCUT2D eigenvalue weighted by Crippen LogP contribution is 2.22. The molecule has 9 heteroatoms. The zero-order chi connectivity index (χ0) is 21.1. The van der Waals surface area contributed by atoms with Crippen molar-refractivity contribution in [3.05, 3.63) is 76.9 Å². The van der Waals surface area contributed by atoms with Crippen LogP contribution >= 0.6 is 11.6 Å². The molecule has 0 fully saturated rings. The molecule has 1 amide bonds. The van der Waals surface area contributed by atoms with Crippen molar-refractivity contribution in [3.8, 4) is 22.8 Å².